The van der Waals surface area contributed by atoms with Gasteiger partial charge in [-0.1, -0.05) is 6.07 Å². The first-order valence-electron chi connectivity index (χ1n) is 7.23. The summed E-state index contributed by atoms with van der Waals surface area (Å²) in [7, 11) is 1.80. The number of aromatic nitrogens is 4. The number of hydrogen-bond donors (Lipinski definition) is 0. The van der Waals surface area contributed by atoms with E-state index in [2.05, 4.69) is 20.4 Å². The van der Waals surface area contributed by atoms with Crippen molar-refractivity contribution in [2.24, 2.45) is 7.05 Å². The molecule has 1 aliphatic rings. The molecule has 1 aromatic carbocycles. The molecule has 118 valence electrons. The molecule has 2 aromatic rings. The van der Waals surface area contributed by atoms with E-state index < -0.39 is 11.6 Å². The fourth-order valence-corrected chi connectivity index (χ4v) is 2.88. The summed E-state index contributed by atoms with van der Waals surface area (Å²) < 4.78 is 29.3. The smallest absolute Gasteiger partial charge is 0.167 e. The number of para-hydroxylation sites is 1. The predicted molar refractivity (Wildman–Crippen MR) is 77.4 cm³/mol. The van der Waals surface area contributed by atoms with Gasteiger partial charge in [-0.25, -0.2) is 13.5 Å². The van der Waals surface area contributed by atoms with Crippen molar-refractivity contribution < 1.29 is 8.78 Å². The second kappa shape index (κ2) is 5.96. The Morgan fingerprint density at radius 1 is 1.09 bits per heavy atom. The Balaban J connectivity index is 1.69. The van der Waals surface area contributed by atoms with Crippen molar-refractivity contribution in [3.05, 3.63) is 35.7 Å². The number of benzene rings is 1. The summed E-state index contributed by atoms with van der Waals surface area (Å²) in [5.41, 5.74) is 0.0649. The monoisotopic (exact) mass is 308 g/mol. The summed E-state index contributed by atoms with van der Waals surface area (Å²) >= 11 is 0. The quantitative estimate of drug-likeness (QED) is 0.857. The van der Waals surface area contributed by atoms with E-state index in [1.165, 1.54) is 18.2 Å². The van der Waals surface area contributed by atoms with Gasteiger partial charge in [0.2, 0.25) is 0 Å². The van der Waals surface area contributed by atoms with Gasteiger partial charge in [-0.05, 0) is 29.5 Å². The summed E-state index contributed by atoms with van der Waals surface area (Å²) in [4.78, 5) is 3.96. The van der Waals surface area contributed by atoms with Crippen LogP contribution in [0.5, 0.6) is 0 Å². The summed E-state index contributed by atoms with van der Waals surface area (Å²) in [6.07, 6.45) is 0. The Hall–Kier alpha value is -2.09. The highest BCUT2D eigenvalue weighted by molar-refractivity contribution is 5.49. The van der Waals surface area contributed by atoms with E-state index >= 15 is 0 Å². The summed E-state index contributed by atoms with van der Waals surface area (Å²) in [5.74, 6) is -0.247. The lowest BCUT2D eigenvalue weighted by atomic mass is 10.2. The Morgan fingerprint density at radius 3 is 2.27 bits per heavy atom. The number of halogens is 2. The van der Waals surface area contributed by atoms with Crippen LogP contribution < -0.4 is 4.90 Å². The highest BCUT2D eigenvalue weighted by Gasteiger charge is 2.27. The molecule has 1 aromatic heterocycles. The fourth-order valence-electron chi connectivity index (χ4n) is 2.88. The van der Waals surface area contributed by atoms with Crippen LogP contribution in [-0.2, 0) is 7.05 Å². The molecule has 1 unspecified atom stereocenters. The van der Waals surface area contributed by atoms with Crippen LogP contribution in [-0.4, -0.2) is 51.3 Å². The lowest BCUT2D eigenvalue weighted by Crippen LogP contribution is -2.48. The minimum atomic E-state index is -0.515. The molecule has 1 fully saturated rings. The maximum atomic E-state index is 13.8. The molecule has 0 N–H and O–H groups in total. The standard InChI is InChI=1S/C14H18F2N6/c1-10(14-17-18-19-20(14)2)21-6-8-22(9-7-21)13-11(15)4-3-5-12(13)16/h3-5,10H,6-9H2,1-2H3. The van der Waals surface area contributed by atoms with E-state index in [-0.39, 0.29) is 11.7 Å². The summed E-state index contributed by atoms with van der Waals surface area (Å²) in [5, 5.41) is 11.5. The molecule has 22 heavy (non-hydrogen) atoms. The van der Waals surface area contributed by atoms with Crippen LogP contribution in [0, 0.1) is 11.6 Å². The van der Waals surface area contributed by atoms with Crippen LogP contribution in [0.25, 0.3) is 0 Å². The van der Waals surface area contributed by atoms with Crippen LogP contribution >= 0.6 is 0 Å². The van der Waals surface area contributed by atoms with Crippen LogP contribution in [0.1, 0.15) is 18.8 Å². The molecule has 1 atom stereocenters. The van der Waals surface area contributed by atoms with Crippen LogP contribution in [0.3, 0.4) is 0 Å². The van der Waals surface area contributed by atoms with Gasteiger partial charge in [0, 0.05) is 33.2 Å². The van der Waals surface area contributed by atoms with Crippen molar-refractivity contribution in [3.8, 4) is 0 Å². The molecular formula is C14H18F2N6. The molecule has 0 bridgehead atoms. The van der Waals surface area contributed by atoms with Crippen molar-refractivity contribution in [2.75, 3.05) is 31.1 Å². The lowest BCUT2D eigenvalue weighted by Gasteiger charge is -2.38. The van der Waals surface area contributed by atoms with Crippen molar-refractivity contribution in [3.63, 3.8) is 0 Å². The topological polar surface area (TPSA) is 50.1 Å². The van der Waals surface area contributed by atoms with Crippen molar-refractivity contribution in [1.29, 1.82) is 0 Å². The minimum Gasteiger partial charge on any atom is -0.364 e. The average molecular weight is 308 g/mol. The Labute approximate surface area is 127 Å². The lowest BCUT2D eigenvalue weighted by molar-refractivity contribution is 0.187. The SMILES string of the molecule is CC(c1nnnn1C)N1CCN(c2c(F)cccc2F)CC1. The van der Waals surface area contributed by atoms with Crippen LogP contribution in [0.15, 0.2) is 18.2 Å². The molecule has 0 radical (unpaired) electrons. The molecule has 6 nitrogen and oxygen atoms in total. The highest BCUT2D eigenvalue weighted by Crippen LogP contribution is 2.26. The van der Waals surface area contributed by atoms with Crippen molar-refractivity contribution >= 4 is 5.69 Å². The normalized spacial score (nSPS) is 17.7. The largest absolute Gasteiger partial charge is 0.364 e. The summed E-state index contributed by atoms with van der Waals surface area (Å²) in [6, 6.07) is 4.03. The second-order valence-electron chi connectivity index (χ2n) is 5.43. The van der Waals surface area contributed by atoms with Gasteiger partial charge in [-0.3, -0.25) is 4.90 Å². The molecule has 8 heteroatoms. The minimum absolute atomic E-state index is 0.0626. The Morgan fingerprint density at radius 2 is 1.73 bits per heavy atom. The van der Waals surface area contributed by atoms with Gasteiger partial charge in [0.05, 0.1) is 6.04 Å². The third-order valence-corrected chi connectivity index (χ3v) is 4.14. The van der Waals surface area contributed by atoms with E-state index in [9.17, 15) is 8.78 Å². The van der Waals surface area contributed by atoms with Gasteiger partial charge in [0.1, 0.15) is 17.3 Å². The first-order valence-corrected chi connectivity index (χ1v) is 7.23. The van der Waals surface area contributed by atoms with E-state index in [0.717, 1.165) is 5.82 Å². The molecule has 2 heterocycles. The van der Waals surface area contributed by atoms with E-state index in [0.29, 0.717) is 26.2 Å². The van der Waals surface area contributed by atoms with Crippen LogP contribution in [0.4, 0.5) is 14.5 Å². The Kier molecular flexibility index (Phi) is 4.02. The molecular weight excluding hydrogens is 290 g/mol. The first kappa shape index (κ1) is 14.8. The number of tetrazole rings is 1. The zero-order valence-corrected chi connectivity index (χ0v) is 12.6. The molecule has 3 rings (SSSR count). The zero-order valence-electron chi connectivity index (χ0n) is 12.6. The third kappa shape index (κ3) is 2.66. The number of nitrogens with zero attached hydrogens (tertiary/aromatic N) is 6. The van der Waals surface area contributed by atoms with Gasteiger partial charge in [-0.2, -0.15) is 0 Å². The third-order valence-electron chi connectivity index (χ3n) is 4.14. The molecule has 0 aliphatic carbocycles. The number of hydrogen-bond acceptors (Lipinski definition) is 5. The number of rotatable bonds is 3. The van der Waals surface area contributed by atoms with Gasteiger partial charge in [0.25, 0.3) is 0 Å². The molecule has 0 spiro atoms. The van der Waals surface area contributed by atoms with Gasteiger partial charge >= 0.3 is 0 Å². The highest BCUT2D eigenvalue weighted by atomic mass is 19.1. The van der Waals surface area contributed by atoms with E-state index in [4.69, 9.17) is 0 Å². The van der Waals surface area contributed by atoms with Crippen LogP contribution in [0.2, 0.25) is 0 Å². The number of anilines is 1. The molecule has 1 aliphatic heterocycles. The maximum absolute atomic E-state index is 13.8. The van der Waals surface area contributed by atoms with Crippen molar-refractivity contribution in [2.45, 2.75) is 13.0 Å². The average Bonchev–Trinajstić information content (AvgIpc) is 2.93. The molecule has 0 saturated carbocycles. The van der Waals surface area contributed by atoms with E-state index in [1.807, 2.05) is 6.92 Å². The first-order chi connectivity index (χ1) is 10.6. The Bertz CT molecular complexity index is 630. The fraction of sp³-hybridized carbons (Fsp3) is 0.500. The van der Waals surface area contributed by atoms with Crippen molar-refractivity contribution in [1.82, 2.24) is 25.1 Å². The van der Waals surface area contributed by atoms with Gasteiger partial charge in [0.15, 0.2) is 5.82 Å². The zero-order chi connectivity index (χ0) is 15.7. The summed E-state index contributed by atoms with van der Waals surface area (Å²) in [6.45, 7) is 4.55. The second-order valence-corrected chi connectivity index (χ2v) is 5.43. The maximum Gasteiger partial charge on any atom is 0.167 e. The van der Waals surface area contributed by atoms with Gasteiger partial charge in [-0.15, -0.1) is 5.10 Å². The van der Waals surface area contributed by atoms with E-state index in [1.54, 1.807) is 16.6 Å². The predicted octanol–water partition coefficient (Wildman–Crippen LogP) is 1.37. The van der Waals surface area contributed by atoms with Gasteiger partial charge < -0.3 is 4.90 Å². The number of aryl methyl sites for hydroxylation is 1. The molecule has 0 amide bonds. The molecule has 1 saturated heterocycles. The number of piperazine rings is 1.